The Morgan fingerprint density at radius 2 is 1.73 bits per heavy atom. The minimum atomic E-state index is -1.71. The summed E-state index contributed by atoms with van der Waals surface area (Å²) in [4.78, 5) is 12.8. The normalized spacial score (nSPS) is 21.8. The van der Waals surface area contributed by atoms with E-state index < -0.39 is 32.6 Å². The van der Waals surface area contributed by atoms with Crippen LogP contribution in [-0.4, -0.2) is 15.1 Å². The Balaban J connectivity index is 1.72. The molecule has 0 spiro atoms. The molecule has 158 valence electrons. The van der Waals surface area contributed by atoms with E-state index in [0.29, 0.717) is 17.1 Å². The van der Waals surface area contributed by atoms with E-state index in [-0.39, 0.29) is 5.92 Å². The largest absolute Gasteiger partial charge is 0.457 e. The van der Waals surface area contributed by atoms with Crippen LogP contribution in [0.25, 0.3) is 0 Å². The Hall–Kier alpha value is -1.64. The predicted molar refractivity (Wildman–Crippen MR) is 118 cm³/mol. The number of carbonyl (C=O) groups excluding carboxylic acids is 1. The van der Waals surface area contributed by atoms with Crippen LogP contribution in [-0.2, 0) is 9.53 Å². The molecule has 30 heavy (non-hydrogen) atoms. The third-order valence-corrected chi connectivity index (χ3v) is 6.92. The summed E-state index contributed by atoms with van der Waals surface area (Å²) in [5.41, 5.74) is -0.0100. The first-order chi connectivity index (χ1) is 14.1. The van der Waals surface area contributed by atoms with Crippen molar-refractivity contribution >= 4 is 52.4 Å². The Morgan fingerprint density at radius 1 is 1.10 bits per heavy atom. The van der Waals surface area contributed by atoms with Crippen molar-refractivity contribution in [2.45, 2.75) is 29.1 Å². The van der Waals surface area contributed by atoms with Crippen LogP contribution in [0.5, 0.6) is 11.5 Å². The van der Waals surface area contributed by atoms with Gasteiger partial charge >= 0.3 is 5.97 Å². The Bertz CT molecular complexity index is 953. The number of benzene rings is 2. The van der Waals surface area contributed by atoms with Crippen LogP contribution in [0.15, 0.2) is 54.6 Å². The smallest absolute Gasteiger partial charge is 0.311 e. The molecule has 0 bridgehead atoms. The van der Waals surface area contributed by atoms with Gasteiger partial charge in [-0.25, -0.2) is 0 Å². The zero-order chi connectivity index (χ0) is 22.1. The van der Waals surface area contributed by atoms with E-state index in [0.717, 1.165) is 0 Å². The Morgan fingerprint density at radius 3 is 2.33 bits per heavy atom. The van der Waals surface area contributed by atoms with Gasteiger partial charge in [0.15, 0.2) is 0 Å². The molecular weight excluding hydrogens is 468 g/mol. The van der Waals surface area contributed by atoms with Crippen molar-refractivity contribution in [3.63, 3.8) is 0 Å². The third kappa shape index (κ3) is 4.98. The number of rotatable bonds is 6. The lowest BCUT2D eigenvalue weighted by atomic mass is 10.1. The molecule has 8 heteroatoms. The topological polar surface area (TPSA) is 59.3 Å². The van der Waals surface area contributed by atoms with Crippen LogP contribution in [0, 0.1) is 28.6 Å². The van der Waals surface area contributed by atoms with Gasteiger partial charge in [0.25, 0.3) is 0 Å². The van der Waals surface area contributed by atoms with Gasteiger partial charge in [-0.1, -0.05) is 79.0 Å². The lowest BCUT2D eigenvalue weighted by Crippen LogP contribution is -2.25. The highest BCUT2D eigenvalue weighted by Gasteiger charge is 2.68. The van der Waals surface area contributed by atoms with Crippen LogP contribution in [0.3, 0.4) is 0 Å². The number of para-hydroxylation sites is 1. The second-order valence-electron chi connectivity index (χ2n) is 7.70. The zero-order valence-corrected chi connectivity index (χ0v) is 19.2. The molecule has 2 aromatic carbocycles. The van der Waals surface area contributed by atoms with Crippen molar-refractivity contribution in [1.29, 1.82) is 5.26 Å². The quantitative estimate of drug-likeness (QED) is 0.331. The number of hydrogen-bond acceptors (Lipinski definition) is 4. The molecule has 1 aliphatic carbocycles. The van der Waals surface area contributed by atoms with Crippen LogP contribution >= 0.6 is 46.4 Å². The molecule has 0 saturated heterocycles. The van der Waals surface area contributed by atoms with Crippen LogP contribution in [0.4, 0.5) is 0 Å². The fourth-order valence-corrected chi connectivity index (χ4v) is 4.48. The molecule has 0 amide bonds. The highest BCUT2D eigenvalue weighted by molar-refractivity contribution is 6.70. The number of nitriles is 1. The van der Waals surface area contributed by atoms with Gasteiger partial charge in [0.1, 0.15) is 17.6 Å². The van der Waals surface area contributed by atoms with Crippen molar-refractivity contribution in [2.24, 2.45) is 17.3 Å². The molecule has 0 aromatic heterocycles. The molecule has 4 nitrogen and oxygen atoms in total. The van der Waals surface area contributed by atoms with Crippen LogP contribution in [0.2, 0.25) is 0 Å². The van der Waals surface area contributed by atoms with E-state index in [1.165, 1.54) is 0 Å². The lowest BCUT2D eigenvalue weighted by molar-refractivity contribution is -0.149. The Labute approximate surface area is 195 Å². The first-order valence-corrected chi connectivity index (χ1v) is 10.8. The number of hydrogen-bond donors (Lipinski definition) is 0. The monoisotopic (exact) mass is 485 g/mol. The van der Waals surface area contributed by atoms with E-state index in [1.807, 2.05) is 50.2 Å². The minimum Gasteiger partial charge on any atom is -0.457 e. The average Bonchev–Trinajstić information content (AvgIpc) is 3.27. The summed E-state index contributed by atoms with van der Waals surface area (Å²) in [6.07, 6.45) is -1.10. The van der Waals surface area contributed by atoms with Crippen molar-refractivity contribution in [3.8, 4) is 17.6 Å². The number of nitrogens with zero attached hydrogens (tertiary/aromatic N) is 1. The molecule has 2 aromatic rings. The van der Waals surface area contributed by atoms with Crippen molar-refractivity contribution in [1.82, 2.24) is 0 Å². The maximum atomic E-state index is 12.8. The van der Waals surface area contributed by atoms with Gasteiger partial charge < -0.3 is 9.47 Å². The van der Waals surface area contributed by atoms with E-state index in [9.17, 15) is 10.1 Å². The van der Waals surface area contributed by atoms with E-state index in [1.54, 1.807) is 24.3 Å². The SMILES string of the molecule is CC1(C)[C@H](C(=O)O[C@H](C#N)c2cccc(Oc3ccccc3)c2)[C@@H]1C(Cl)C(Cl)(Cl)Cl. The first kappa shape index (κ1) is 23.0. The molecule has 0 aliphatic heterocycles. The summed E-state index contributed by atoms with van der Waals surface area (Å²) in [5, 5.41) is 8.73. The number of alkyl halides is 4. The van der Waals surface area contributed by atoms with Gasteiger partial charge in [0.2, 0.25) is 9.90 Å². The van der Waals surface area contributed by atoms with Crippen LogP contribution < -0.4 is 4.74 Å². The molecule has 4 atom stereocenters. The summed E-state index contributed by atoms with van der Waals surface area (Å²) >= 11 is 24.0. The second kappa shape index (κ2) is 8.85. The van der Waals surface area contributed by atoms with Crippen molar-refractivity contribution < 1.29 is 14.3 Å². The average molecular weight is 487 g/mol. The highest BCUT2D eigenvalue weighted by atomic mass is 35.6. The minimum absolute atomic E-state index is 0.383. The maximum Gasteiger partial charge on any atom is 0.311 e. The number of esters is 1. The summed E-state index contributed by atoms with van der Waals surface area (Å²) in [7, 11) is 0. The molecule has 0 heterocycles. The van der Waals surface area contributed by atoms with Crippen molar-refractivity contribution in [2.75, 3.05) is 0 Å². The maximum absolute atomic E-state index is 12.8. The highest BCUT2D eigenvalue weighted by Crippen LogP contribution is 2.64. The molecule has 1 unspecified atom stereocenters. The summed E-state index contributed by atoms with van der Waals surface area (Å²) < 4.78 is 9.57. The fraction of sp³-hybridized carbons (Fsp3) is 0.364. The lowest BCUT2D eigenvalue weighted by Gasteiger charge is -2.19. The molecule has 3 rings (SSSR count). The zero-order valence-electron chi connectivity index (χ0n) is 16.2. The molecule has 1 saturated carbocycles. The van der Waals surface area contributed by atoms with E-state index in [4.69, 9.17) is 55.9 Å². The van der Waals surface area contributed by atoms with Gasteiger partial charge in [-0.15, -0.1) is 11.6 Å². The standard InChI is InChI=1S/C22H19Cl4NO3/c1-21(2)17(19(23)22(24,25)26)18(21)20(28)30-16(12-27)13-7-6-10-15(11-13)29-14-8-4-3-5-9-14/h3-11,16-19H,1-2H3/t16-,17-,18+,19?/m1/s1. The van der Waals surface area contributed by atoms with Gasteiger partial charge in [0, 0.05) is 5.56 Å². The number of carbonyl (C=O) groups is 1. The van der Waals surface area contributed by atoms with Gasteiger partial charge in [-0.3, -0.25) is 4.79 Å². The molecule has 1 fully saturated rings. The fourth-order valence-electron chi connectivity index (χ4n) is 3.60. The predicted octanol–water partition coefficient (Wildman–Crippen LogP) is 6.84. The summed E-state index contributed by atoms with van der Waals surface area (Å²) in [6, 6.07) is 18.1. The molecule has 0 radical (unpaired) electrons. The molecular formula is C22H19Cl4NO3. The Kier molecular flexibility index (Phi) is 6.79. The summed E-state index contributed by atoms with van der Waals surface area (Å²) in [6.45, 7) is 3.70. The first-order valence-electron chi connectivity index (χ1n) is 9.19. The van der Waals surface area contributed by atoms with E-state index >= 15 is 0 Å². The van der Waals surface area contributed by atoms with Crippen molar-refractivity contribution in [3.05, 3.63) is 60.2 Å². The molecule has 1 aliphatic rings. The number of halogens is 4. The van der Waals surface area contributed by atoms with E-state index in [2.05, 4.69) is 0 Å². The third-order valence-electron chi connectivity index (χ3n) is 5.28. The van der Waals surface area contributed by atoms with Gasteiger partial charge in [-0.2, -0.15) is 5.26 Å². The second-order valence-corrected chi connectivity index (χ2v) is 10.5. The van der Waals surface area contributed by atoms with Crippen LogP contribution in [0.1, 0.15) is 25.5 Å². The summed E-state index contributed by atoms with van der Waals surface area (Å²) in [5.74, 6) is -0.327. The number of ether oxygens (including phenoxy) is 2. The molecule has 0 N–H and O–H groups in total. The van der Waals surface area contributed by atoms with Gasteiger partial charge in [0.05, 0.1) is 11.3 Å². The van der Waals surface area contributed by atoms with Gasteiger partial charge in [-0.05, 0) is 35.6 Å².